The molecule has 0 atom stereocenters. The number of imidazole rings is 1. The average molecular weight is 365 g/mol. The molecule has 0 saturated heterocycles. The number of H-pyrrole nitrogens is 1. The Labute approximate surface area is 156 Å². The number of ether oxygens (including phenoxy) is 2. The number of anilines is 2. The molecule has 0 bridgehead atoms. The summed E-state index contributed by atoms with van der Waals surface area (Å²) < 4.78 is 11.0. The fourth-order valence-corrected chi connectivity index (χ4v) is 2.88. The average Bonchev–Trinajstić information content (AvgIpc) is 3.21. The van der Waals surface area contributed by atoms with Crippen LogP contribution in [0.1, 0.15) is 11.3 Å². The van der Waals surface area contributed by atoms with Gasteiger partial charge in [-0.05, 0) is 24.3 Å². The zero-order valence-corrected chi connectivity index (χ0v) is 14.6. The van der Waals surface area contributed by atoms with Crippen LogP contribution in [0, 0.1) is 0 Å². The molecule has 27 heavy (non-hydrogen) atoms. The number of pyridine rings is 1. The molecule has 8 heteroatoms. The van der Waals surface area contributed by atoms with E-state index in [1.807, 2.05) is 18.2 Å². The number of hydrogen-bond acceptors (Lipinski definition) is 6. The molecule has 0 fully saturated rings. The molecule has 3 aromatic rings. The molecular formula is C19H19N5O3. The highest BCUT2D eigenvalue weighted by molar-refractivity contribution is 5.86. The van der Waals surface area contributed by atoms with Crippen molar-refractivity contribution >= 4 is 17.5 Å². The van der Waals surface area contributed by atoms with Crippen LogP contribution in [-0.2, 0) is 17.9 Å². The first kappa shape index (κ1) is 16.9. The summed E-state index contributed by atoms with van der Waals surface area (Å²) in [5.74, 6) is 0.787. The minimum atomic E-state index is -0.518. The SMILES string of the molecule is O=C(Nc1ccc2c(c1)N(Cc1cnc[nH]1)CCO2)OCc1cccnc1. The molecule has 0 saturated carbocycles. The Hall–Kier alpha value is -3.55. The van der Waals surface area contributed by atoms with Crippen molar-refractivity contribution in [1.82, 2.24) is 15.0 Å². The van der Waals surface area contributed by atoms with Gasteiger partial charge in [-0.3, -0.25) is 10.3 Å². The number of aromatic nitrogens is 3. The summed E-state index contributed by atoms with van der Waals surface area (Å²) in [5.41, 5.74) is 3.40. The first-order chi connectivity index (χ1) is 13.3. The summed E-state index contributed by atoms with van der Waals surface area (Å²) in [7, 11) is 0. The van der Waals surface area contributed by atoms with Crippen LogP contribution in [0.4, 0.5) is 16.2 Å². The predicted octanol–water partition coefficient (Wildman–Crippen LogP) is 2.95. The van der Waals surface area contributed by atoms with Crippen molar-refractivity contribution < 1.29 is 14.3 Å². The minimum absolute atomic E-state index is 0.166. The Kier molecular flexibility index (Phi) is 4.86. The summed E-state index contributed by atoms with van der Waals surface area (Å²) in [5, 5.41) is 2.76. The zero-order chi connectivity index (χ0) is 18.5. The van der Waals surface area contributed by atoms with E-state index in [0.717, 1.165) is 29.2 Å². The van der Waals surface area contributed by atoms with E-state index in [1.165, 1.54) is 0 Å². The summed E-state index contributed by atoms with van der Waals surface area (Å²) in [6, 6.07) is 9.18. The number of nitrogens with one attached hydrogen (secondary N) is 2. The number of amides is 1. The van der Waals surface area contributed by atoms with Gasteiger partial charge < -0.3 is 19.4 Å². The normalized spacial score (nSPS) is 12.8. The first-order valence-corrected chi connectivity index (χ1v) is 8.60. The van der Waals surface area contributed by atoms with Gasteiger partial charge in [0, 0.05) is 29.8 Å². The van der Waals surface area contributed by atoms with E-state index in [0.29, 0.717) is 18.8 Å². The third-order valence-electron chi connectivity index (χ3n) is 4.17. The van der Waals surface area contributed by atoms with E-state index in [-0.39, 0.29) is 6.61 Å². The summed E-state index contributed by atoms with van der Waals surface area (Å²) >= 11 is 0. The second kappa shape index (κ2) is 7.77. The summed E-state index contributed by atoms with van der Waals surface area (Å²) in [6.45, 7) is 2.22. The van der Waals surface area contributed by atoms with Gasteiger partial charge in [-0.1, -0.05) is 6.07 Å². The maximum Gasteiger partial charge on any atom is 0.411 e. The quantitative estimate of drug-likeness (QED) is 0.722. The molecule has 4 rings (SSSR count). The Morgan fingerprint density at radius 1 is 1.30 bits per heavy atom. The fourth-order valence-electron chi connectivity index (χ4n) is 2.88. The van der Waals surface area contributed by atoms with Crippen LogP contribution >= 0.6 is 0 Å². The number of carbonyl (C=O) groups excluding carboxylic acids is 1. The molecule has 8 nitrogen and oxygen atoms in total. The first-order valence-electron chi connectivity index (χ1n) is 8.60. The molecule has 1 aliphatic heterocycles. The molecule has 0 spiro atoms. The lowest BCUT2D eigenvalue weighted by molar-refractivity contribution is 0.155. The third kappa shape index (κ3) is 4.17. The van der Waals surface area contributed by atoms with Gasteiger partial charge >= 0.3 is 6.09 Å². The van der Waals surface area contributed by atoms with Gasteiger partial charge in [-0.15, -0.1) is 0 Å². The van der Waals surface area contributed by atoms with Crippen LogP contribution in [0.15, 0.2) is 55.2 Å². The smallest absolute Gasteiger partial charge is 0.411 e. The molecule has 0 aliphatic carbocycles. The standard InChI is InChI=1S/C19H19N5O3/c25-19(27-12-14-2-1-5-20-9-14)23-15-3-4-18-17(8-15)24(6-7-26-18)11-16-10-21-13-22-16/h1-5,8-10,13H,6-7,11-12H2,(H,21,22)(H,23,25). The molecule has 2 aromatic heterocycles. The fraction of sp³-hybridized carbons (Fsp3) is 0.211. The van der Waals surface area contributed by atoms with Crippen LogP contribution in [0.2, 0.25) is 0 Å². The number of nitrogens with zero attached hydrogens (tertiary/aromatic N) is 3. The maximum absolute atomic E-state index is 12.1. The van der Waals surface area contributed by atoms with Gasteiger partial charge in [0.25, 0.3) is 0 Å². The molecule has 0 radical (unpaired) electrons. The van der Waals surface area contributed by atoms with Gasteiger partial charge in [0.2, 0.25) is 0 Å². The lowest BCUT2D eigenvalue weighted by atomic mass is 10.2. The van der Waals surface area contributed by atoms with Crippen molar-refractivity contribution in [2.75, 3.05) is 23.4 Å². The summed E-state index contributed by atoms with van der Waals surface area (Å²) in [4.78, 5) is 25.4. The van der Waals surface area contributed by atoms with E-state index < -0.39 is 6.09 Å². The molecule has 138 valence electrons. The van der Waals surface area contributed by atoms with Crippen molar-refractivity contribution in [2.45, 2.75) is 13.2 Å². The van der Waals surface area contributed by atoms with Crippen LogP contribution in [0.5, 0.6) is 5.75 Å². The number of hydrogen-bond donors (Lipinski definition) is 2. The van der Waals surface area contributed by atoms with Crippen molar-refractivity contribution in [2.24, 2.45) is 0 Å². The van der Waals surface area contributed by atoms with E-state index in [9.17, 15) is 4.79 Å². The predicted molar refractivity (Wildman–Crippen MR) is 99.6 cm³/mol. The zero-order valence-electron chi connectivity index (χ0n) is 14.6. The van der Waals surface area contributed by atoms with E-state index in [2.05, 4.69) is 25.2 Å². The van der Waals surface area contributed by atoms with Gasteiger partial charge in [0.1, 0.15) is 19.0 Å². The van der Waals surface area contributed by atoms with Gasteiger partial charge in [0.05, 0.1) is 30.8 Å². The molecule has 1 aromatic carbocycles. The van der Waals surface area contributed by atoms with Gasteiger partial charge in [-0.25, -0.2) is 9.78 Å². The van der Waals surface area contributed by atoms with Gasteiger partial charge in [-0.2, -0.15) is 0 Å². The number of fused-ring (bicyclic) bond motifs is 1. The Morgan fingerprint density at radius 2 is 2.26 bits per heavy atom. The van der Waals surface area contributed by atoms with E-state index in [4.69, 9.17) is 9.47 Å². The molecule has 3 heterocycles. The third-order valence-corrected chi connectivity index (χ3v) is 4.17. The molecule has 2 N–H and O–H groups in total. The second-order valence-electron chi connectivity index (χ2n) is 6.09. The Morgan fingerprint density at radius 3 is 3.07 bits per heavy atom. The highest BCUT2D eigenvalue weighted by Crippen LogP contribution is 2.34. The molecular weight excluding hydrogens is 346 g/mol. The molecule has 0 unspecified atom stereocenters. The minimum Gasteiger partial charge on any atom is -0.490 e. The van der Waals surface area contributed by atoms with Crippen LogP contribution in [-0.4, -0.2) is 34.2 Å². The Bertz CT molecular complexity index is 899. The highest BCUT2D eigenvalue weighted by atomic mass is 16.5. The summed E-state index contributed by atoms with van der Waals surface area (Å²) in [6.07, 6.45) is 6.28. The number of rotatable bonds is 5. The Balaban J connectivity index is 1.42. The lowest BCUT2D eigenvalue weighted by Gasteiger charge is -2.31. The monoisotopic (exact) mass is 365 g/mol. The van der Waals surface area contributed by atoms with Crippen molar-refractivity contribution in [3.8, 4) is 5.75 Å². The maximum atomic E-state index is 12.1. The van der Waals surface area contributed by atoms with E-state index in [1.54, 1.807) is 37.1 Å². The van der Waals surface area contributed by atoms with Crippen molar-refractivity contribution in [1.29, 1.82) is 0 Å². The van der Waals surface area contributed by atoms with E-state index >= 15 is 0 Å². The van der Waals surface area contributed by atoms with Crippen molar-refractivity contribution in [3.05, 3.63) is 66.5 Å². The largest absolute Gasteiger partial charge is 0.490 e. The number of carbonyl (C=O) groups is 1. The molecule has 1 aliphatic rings. The highest BCUT2D eigenvalue weighted by Gasteiger charge is 2.19. The van der Waals surface area contributed by atoms with Crippen molar-refractivity contribution in [3.63, 3.8) is 0 Å². The van der Waals surface area contributed by atoms with Crippen LogP contribution in [0.25, 0.3) is 0 Å². The number of aromatic amines is 1. The lowest BCUT2D eigenvalue weighted by Crippen LogP contribution is -2.32. The molecule has 1 amide bonds. The topological polar surface area (TPSA) is 92.4 Å². The van der Waals surface area contributed by atoms with Crippen LogP contribution < -0.4 is 15.0 Å². The second-order valence-corrected chi connectivity index (χ2v) is 6.09. The number of benzene rings is 1. The van der Waals surface area contributed by atoms with Crippen LogP contribution in [0.3, 0.4) is 0 Å². The van der Waals surface area contributed by atoms with Gasteiger partial charge in [0.15, 0.2) is 0 Å².